The molecule has 0 aliphatic carbocycles. The normalized spacial score (nSPS) is 9.00. The number of aryl methyl sites for hydroxylation is 1. The van der Waals surface area contributed by atoms with Crippen molar-refractivity contribution in [2.24, 2.45) is 0 Å². The van der Waals surface area contributed by atoms with Crippen LogP contribution in [0, 0.1) is 36.5 Å². The van der Waals surface area contributed by atoms with Crippen molar-refractivity contribution < 1.29 is 0 Å². The lowest BCUT2D eigenvalue weighted by Crippen LogP contribution is -1.97. The Morgan fingerprint density at radius 2 is 1.62 bits per heavy atom. The third kappa shape index (κ3) is 3.91. The van der Waals surface area contributed by atoms with Crippen LogP contribution in [-0.2, 0) is 0 Å². The van der Waals surface area contributed by atoms with Gasteiger partial charge in [0.05, 0.1) is 11.1 Å². The standard InChI is InChI=1S/C7H6BrN3.C7H7N3/c1-4-5(2-9)7(10)11-3-6(4)8;1-5-2-3-10-7(9)6(5)4-8/h3H,1H3,(H2,10,11);2-3H,1H3,(H2,9,10). The highest BCUT2D eigenvalue weighted by Gasteiger charge is 2.05. The maximum Gasteiger partial charge on any atom is 0.141 e. The van der Waals surface area contributed by atoms with Gasteiger partial charge in [0.15, 0.2) is 0 Å². The number of halogens is 1. The van der Waals surface area contributed by atoms with E-state index in [1.807, 2.05) is 26.0 Å². The van der Waals surface area contributed by atoms with Crippen LogP contribution in [0.3, 0.4) is 0 Å². The number of nitrogen functional groups attached to an aromatic ring is 2. The largest absolute Gasteiger partial charge is 0.383 e. The van der Waals surface area contributed by atoms with E-state index in [4.69, 9.17) is 22.0 Å². The first-order valence-corrected chi connectivity index (χ1v) is 6.63. The summed E-state index contributed by atoms with van der Waals surface area (Å²) in [5, 5.41) is 17.2. The zero-order valence-electron chi connectivity index (χ0n) is 11.6. The Kier molecular flexibility index (Phi) is 5.65. The van der Waals surface area contributed by atoms with E-state index in [-0.39, 0.29) is 5.82 Å². The number of nitriles is 2. The van der Waals surface area contributed by atoms with Crippen molar-refractivity contribution in [3.63, 3.8) is 0 Å². The average Bonchev–Trinajstić information content (AvgIpc) is 2.45. The second-order valence-electron chi connectivity index (χ2n) is 4.10. The highest BCUT2D eigenvalue weighted by atomic mass is 79.9. The van der Waals surface area contributed by atoms with Crippen LogP contribution in [0.4, 0.5) is 11.6 Å². The highest BCUT2D eigenvalue weighted by Crippen LogP contribution is 2.21. The number of nitrogens with zero attached hydrogens (tertiary/aromatic N) is 4. The zero-order valence-corrected chi connectivity index (χ0v) is 13.1. The van der Waals surface area contributed by atoms with Gasteiger partial charge in [0.25, 0.3) is 0 Å². The fourth-order valence-electron chi connectivity index (χ4n) is 1.46. The summed E-state index contributed by atoms with van der Waals surface area (Å²) in [6, 6.07) is 5.72. The Hall–Kier alpha value is -2.64. The molecule has 21 heavy (non-hydrogen) atoms. The van der Waals surface area contributed by atoms with Crippen molar-refractivity contribution >= 4 is 27.6 Å². The number of rotatable bonds is 0. The Morgan fingerprint density at radius 3 is 2.05 bits per heavy atom. The van der Waals surface area contributed by atoms with Crippen molar-refractivity contribution in [2.75, 3.05) is 11.5 Å². The maximum atomic E-state index is 8.63. The summed E-state index contributed by atoms with van der Waals surface area (Å²) in [6.07, 6.45) is 3.18. The summed E-state index contributed by atoms with van der Waals surface area (Å²) in [7, 11) is 0. The molecule has 0 bridgehead atoms. The predicted octanol–water partition coefficient (Wildman–Crippen LogP) is 2.45. The van der Waals surface area contributed by atoms with Gasteiger partial charge in [-0.2, -0.15) is 10.5 Å². The molecule has 0 aliphatic heterocycles. The van der Waals surface area contributed by atoms with Crippen molar-refractivity contribution in [2.45, 2.75) is 13.8 Å². The molecule has 7 heteroatoms. The number of hydrogen-bond acceptors (Lipinski definition) is 6. The molecule has 0 atom stereocenters. The number of hydrogen-bond donors (Lipinski definition) is 2. The fraction of sp³-hybridized carbons (Fsp3) is 0.143. The molecule has 0 spiro atoms. The van der Waals surface area contributed by atoms with E-state index < -0.39 is 0 Å². The van der Waals surface area contributed by atoms with Gasteiger partial charge in [0, 0.05) is 16.9 Å². The second kappa shape index (κ2) is 7.22. The SMILES string of the molecule is Cc1c(Br)cnc(N)c1C#N.Cc1ccnc(N)c1C#N. The average molecular weight is 345 g/mol. The van der Waals surface area contributed by atoms with Crippen LogP contribution in [0.25, 0.3) is 0 Å². The molecule has 0 amide bonds. The molecule has 0 saturated carbocycles. The summed E-state index contributed by atoms with van der Waals surface area (Å²) in [5.74, 6) is 0.593. The molecule has 0 saturated heterocycles. The van der Waals surface area contributed by atoms with Crippen LogP contribution in [0.15, 0.2) is 22.9 Å². The fourth-order valence-corrected chi connectivity index (χ4v) is 1.77. The summed E-state index contributed by atoms with van der Waals surface area (Å²) in [4.78, 5) is 7.58. The molecule has 0 fully saturated rings. The van der Waals surface area contributed by atoms with Crippen LogP contribution in [-0.4, -0.2) is 9.97 Å². The van der Waals surface area contributed by atoms with Gasteiger partial charge in [-0.25, -0.2) is 9.97 Å². The van der Waals surface area contributed by atoms with E-state index >= 15 is 0 Å². The van der Waals surface area contributed by atoms with E-state index in [2.05, 4.69) is 25.9 Å². The smallest absolute Gasteiger partial charge is 0.141 e. The van der Waals surface area contributed by atoms with Gasteiger partial charge in [-0.1, -0.05) is 0 Å². The first kappa shape index (κ1) is 16.4. The summed E-state index contributed by atoms with van der Waals surface area (Å²) in [6.45, 7) is 3.65. The Bertz CT molecular complexity index is 722. The molecule has 2 rings (SSSR count). The van der Waals surface area contributed by atoms with Crippen molar-refractivity contribution in [1.82, 2.24) is 9.97 Å². The van der Waals surface area contributed by atoms with Gasteiger partial charge in [-0.3, -0.25) is 0 Å². The molecule has 0 aliphatic rings. The molecule has 4 N–H and O–H groups in total. The number of nitrogens with two attached hydrogens (primary N) is 2. The molecule has 0 aromatic carbocycles. The molecular weight excluding hydrogens is 332 g/mol. The number of aromatic nitrogens is 2. The van der Waals surface area contributed by atoms with E-state index in [9.17, 15) is 0 Å². The maximum absolute atomic E-state index is 8.63. The molecule has 2 heterocycles. The van der Waals surface area contributed by atoms with Gasteiger partial charge in [0.1, 0.15) is 23.8 Å². The van der Waals surface area contributed by atoms with Gasteiger partial charge in [-0.05, 0) is 47.0 Å². The van der Waals surface area contributed by atoms with Gasteiger partial charge in [-0.15, -0.1) is 0 Å². The lowest BCUT2D eigenvalue weighted by Gasteiger charge is -2.01. The van der Waals surface area contributed by atoms with Crippen LogP contribution >= 0.6 is 15.9 Å². The Labute approximate surface area is 131 Å². The minimum absolute atomic E-state index is 0.285. The van der Waals surface area contributed by atoms with Crippen LogP contribution in [0.5, 0.6) is 0 Å². The summed E-state index contributed by atoms with van der Waals surface area (Å²) in [5.41, 5.74) is 13.5. The summed E-state index contributed by atoms with van der Waals surface area (Å²) < 4.78 is 0.809. The molecule has 0 radical (unpaired) electrons. The Morgan fingerprint density at radius 1 is 1.05 bits per heavy atom. The van der Waals surface area contributed by atoms with E-state index in [0.717, 1.165) is 15.6 Å². The Balaban J connectivity index is 0.000000211. The minimum Gasteiger partial charge on any atom is -0.383 e. The topological polar surface area (TPSA) is 125 Å². The van der Waals surface area contributed by atoms with Crippen molar-refractivity contribution in [3.8, 4) is 12.1 Å². The predicted molar refractivity (Wildman–Crippen MR) is 83.9 cm³/mol. The molecular formula is C14H13BrN6. The van der Waals surface area contributed by atoms with Crippen LogP contribution in [0.2, 0.25) is 0 Å². The van der Waals surface area contributed by atoms with Crippen LogP contribution < -0.4 is 11.5 Å². The molecule has 2 aromatic heterocycles. The van der Waals surface area contributed by atoms with Crippen LogP contribution in [0.1, 0.15) is 22.3 Å². The third-order valence-corrected chi connectivity index (χ3v) is 3.52. The van der Waals surface area contributed by atoms with E-state index in [0.29, 0.717) is 16.9 Å². The van der Waals surface area contributed by atoms with E-state index in [1.165, 1.54) is 0 Å². The molecule has 106 valence electrons. The van der Waals surface area contributed by atoms with E-state index in [1.54, 1.807) is 18.5 Å². The summed E-state index contributed by atoms with van der Waals surface area (Å²) >= 11 is 3.25. The van der Waals surface area contributed by atoms with Gasteiger partial charge in [0.2, 0.25) is 0 Å². The van der Waals surface area contributed by atoms with Crippen molar-refractivity contribution in [3.05, 3.63) is 45.2 Å². The van der Waals surface area contributed by atoms with Crippen molar-refractivity contribution in [1.29, 1.82) is 10.5 Å². The molecule has 0 unspecified atom stereocenters. The molecule has 6 nitrogen and oxygen atoms in total. The first-order chi connectivity index (χ1) is 9.92. The number of pyridine rings is 2. The zero-order chi connectivity index (χ0) is 16.0. The monoisotopic (exact) mass is 344 g/mol. The number of anilines is 2. The quantitative estimate of drug-likeness (QED) is 0.755. The first-order valence-electron chi connectivity index (χ1n) is 5.84. The third-order valence-electron chi connectivity index (χ3n) is 2.72. The van der Waals surface area contributed by atoms with Gasteiger partial charge >= 0.3 is 0 Å². The van der Waals surface area contributed by atoms with Gasteiger partial charge < -0.3 is 11.5 Å². The lowest BCUT2D eigenvalue weighted by atomic mass is 10.2. The minimum atomic E-state index is 0.285. The highest BCUT2D eigenvalue weighted by molar-refractivity contribution is 9.10. The molecule has 2 aromatic rings. The second-order valence-corrected chi connectivity index (χ2v) is 4.96. The lowest BCUT2D eigenvalue weighted by molar-refractivity contribution is 1.24.